The molecule has 1 aromatic rings. The van der Waals surface area contributed by atoms with Crippen molar-refractivity contribution in [3.63, 3.8) is 0 Å². The van der Waals surface area contributed by atoms with Gasteiger partial charge < -0.3 is 4.90 Å². The average Bonchev–Trinajstić information content (AvgIpc) is 2.45. The van der Waals surface area contributed by atoms with Crippen molar-refractivity contribution in [2.24, 2.45) is 0 Å². The molecule has 5 nitrogen and oxygen atoms in total. The molecule has 0 aromatic heterocycles. The lowest BCUT2D eigenvalue weighted by Gasteiger charge is -2.36. The Hall–Kier alpha value is -1.91. The molecule has 1 aliphatic rings. The number of Topliss-reactive ketones (excluding diaryl/α,β-unsaturated/α-hetero) is 1. The SMILES string of the molecule is CCCCCCN1c2ccc([N+](=O)[O-])cc2C(=O)CC1C. The summed E-state index contributed by atoms with van der Waals surface area (Å²) in [5.74, 6) is 0.00556. The number of unbranched alkanes of at least 4 members (excludes halogenated alkanes) is 3. The van der Waals surface area contributed by atoms with Crippen molar-refractivity contribution in [1.82, 2.24) is 0 Å². The Morgan fingerprint density at radius 2 is 2.10 bits per heavy atom. The van der Waals surface area contributed by atoms with Crippen molar-refractivity contribution in [1.29, 1.82) is 0 Å². The number of anilines is 1. The lowest BCUT2D eigenvalue weighted by atomic mass is 9.94. The minimum atomic E-state index is -0.447. The number of nitrogens with zero attached hydrogens (tertiary/aromatic N) is 2. The largest absolute Gasteiger partial charge is 0.368 e. The Kier molecular flexibility index (Phi) is 4.94. The van der Waals surface area contributed by atoms with Crippen LogP contribution in [0.4, 0.5) is 11.4 Å². The number of nitro benzene ring substituents is 1. The summed E-state index contributed by atoms with van der Waals surface area (Å²) < 4.78 is 0. The van der Waals surface area contributed by atoms with Gasteiger partial charge in [-0.15, -0.1) is 0 Å². The van der Waals surface area contributed by atoms with E-state index in [-0.39, 0.29) is 17.5 Å². The first-order valence-electron chi connectivity index (χ1n) is 7.63. The van der Waals surface area contributed by atoms with E-state index in [0.717, 1.165) is 18.7 Å². The molecule has 0 amide bonds. The van der Waals surface area contributed by atoms with Crippen molar-refractivity contribution in [3.8, 4) is 0 Å². The number of benzene rings is 1. The van der Waals surface area contributed by atoms with Gasteiger partial charge in [0.25, 0.3) is 5.69 Å². The summed E-state index contributed by atoms with van der Waals surface area (Å²) in [7, 11) is 0. The van der Waals surface area contributed by atoms with Crippen molar-refractivity contribution in [2.75, 3.05) is 11.4 Å². The fraction of sp³-hybridized carbons (Fsp3) is 0.562. The molecule has 0 N–H and O–H groups in total. The van der Waals surface area contributed by atoms with Gasteiger partial charge in [-0.2, -0.15) is 0 Å². The van der Waals surface area contributed by atoms with Gasteiger partial charge in [0, 0.05) is 42.4 Å². The van der Waals surface area contributed by atoms with Crippen molar-refractivity contribution in [3.05, 3.63) is 33.9 Å². The van der Waals surface area contributed by atoms with E-state index in [9.17, 15) is 14.9 Å². The maximum atomic E-state index is 12.1. The minimum absolute atomic E-state index is 0.00556. The molecule has 1 unspecified atom stereocenters. The Bertz CT molecular complexity index is 542. The van der Waals surface area contributed by atoms with Gasteiger partial charge in [-0.25, -0.2) is 0 Å². The third-order valence-electron chi connectivity index (χ3n) is 4.07. The molecule has 0 radical (unpaired) electrons. The van der Waals surface area contributed by atoms with E-state index < -0.39 is 4.92 Å². The highest BCUT2D eigenvalue weighted by atomic mass is 16.6. The van der Waals surface area contributed by atoms with Crippen molar-refractivity contribution < 1.29 is 9.72 Å². The van der Waals surface area contributed by atoms with Crippen molar-refractivity contribution in [2.45, 2.75) is 52.0 Å². The second kappa shape index (κ2) is 6.70. The first kappa shape index (κ1) is 15.5. The number of fused-ring (bicyclic) bond motifs is 1. The zero-order valence-electron chi connectivity index (χ0n) is 12.7. The number of hydrogen-bond acceptors (Lipinski definition) is 4. The highest BCUT2D eigenvalue weighted by molar-refractivity contribution is 6.04. The number of hydrogen-bond donors (Lipinski definition) is 0. The summed E-state index contributed by atoms with van der Waals surface area (Å²) in [5.41, 5.74) is 1.33. The molecule has 5 heteroatoms. The molecule has 0 saturated heterocycles. The molecule has 1 atom stereocenters. The topological polar surface area (TPSA) is 63.4 Å². The van der Waals surface area contributed by atoms with E-state index in [2.05, 4.69) is 11.8 Å². The number of rotatable bonds is 6. The van der Waals surface area contributed by atoms with Crippen LogP contribution in [0.15, 0.2) is 18.2 Å². The van der Waals surface area contributed by atoms with E-state index in [4.69, 9.17) is 0 Å². The highest BCUT2D eigenvalue weighted by Crippen LogP contribution is 2.33. The summed E-state index contributed by atoms with van der Waals surface area (Å²) >= 11 is 0. The number of nitro groups is 1. The molecule has 0 saturated carbocycles. The summed E-state index contributed by atoms with van der Waals surface area (Å²) in [6.45, 7) is 5.12. The Morgan fingerprint density at radius 3 is 2.76 bits per heavy atom. The quantitative estimate of drug-likeness (QED) is 0.452. The molecule has 114 valence electrons. The Balaban J connectivity index is 2.22. The first-order valence-corrected chi connectivity index (χ1v) is 7.63. The van der Waals surface area contributed by atoms with Crippen LogP contribution in [-0.4, -0.2) is 23.3 Å². The van der Waals surface area contributed by atoms with E-state index in [1.807, 2.05) is 6.92 Å². The van der Waals surface area contributed by atoms with Gasteiger partial charge in [-0.3, -0.25) is 14.9 Å². The average molecular weight is 290 g/mol. The van der Waals surface area contributed by atoms with Crippen LogP contribution in [0.3, 0.4) is 0 Å². The van der Waals surface area contributed by atoms with E-state index >= 15 is 0 Å². The first-order chi connectivity index (χ1) is 10.0. The molecular formula is C16H22N2O3. The smallest absolute Gasteiger partial charge is 0.270 e. The predicted molar refractivity (Wildman–Crippen MR) is 83.0 cm³/mol. The molecule has 0 bridgehead atoms. The minimum Gasteiger partial charge on any atom is -0.368 e. The number of carbonyl (C=O) groups is 1. The van der Waals surface area contributed by atoms with Crippen molar-refractivity contribution >= 4 is 17.2 Å². The van der Waals surface area contributed by atoms with Crippen LogP contribution in [-0.2, 0) is 0 Å². The van der Waals surface area contributed by atoms with Crippen LogP contribution in [0.2, 0.25) is 0 Å². The molecule has 0 aliphatic carbocycles. The summed E-state index contributed by atoms with van der Waals surface area (Å²) in [6, 6.07) is 4.79. The van der Waals surface area contributed by atoms with Gasteiger partial charge in [0.2, 0.25) is 0 Å². The van der Waals surface area contributed by atoms with Crippen LogP contribution in [0, 0.1) is 10.1 Å². The molecule has 2 rings (SSSR count). The normalized spacial score (nSPS) is 17.7. The van der Waals surface area contributed by atoms with Crippen LogP contribution < -0.4 is 4.90 Å². The van der Waals surface area contributed by atoms with Crippen LogP contribution in [0.5, 0.6) is 0 Å². The summed E-state index contributed by atoms with van der Waals surface area (Å²) in [6.07, 6.45) is 5.10. The molecular weight excluding hydrogens is 268 g/mol. The fourth-order valence-corrected chi connectivity index (χ4v) is 2.89. The number of carbonyl (C=O) groups excluding carboxylic acids is 1. The lowest BCUT2D eigenvalue weighted by molar-refractivity contribution is -0.384. The number of ketones is 1. The van der Waals surface area contributed by atoms with Crippen LogP contribution >= 0.6 is 0 Å². The third-order valence-corrected chi connectivity index (χ3v) is 4.07. The number of non-ortho nitro benzene ring substituents is 1. The Morgan fingerprint density at radius 1 is 1.33 bits per heavy atom. The maximum absolute atomic E-state index is 12.1. The van der Waals surface area contributed by atoms with Gasteiger partial charge in [0.15, 0.2) is 5.78 Å². The molecule has 1 aliphatic heterocycles. The Labute approximate surface area is 125 Å². The second-order valence-corrected chi connectivity index (χ2v) is 5.69. The van der Waals surface area contributed by atoms with Gasteiger partial charge >= 0.3 is 0 Å². The van der Waals surface area contributed by atoms with E-state index in [0.29, 0.717) is 12.0 Å². The predicted octanol–water partition coefficient (Wildman–Crippen LogP) is 3.96. The van der Waals surface area contributed by atoms with Gasteiger partial charge in [-0.1, -0.05) is 26.2 Å². The zero-order chi connectivity index (χ0) is 15.4. The molecule has 1 heterocycles. The fourth-order valence-electron chi connectivity index (χ4n) is 2.89. The molecule has 1 aromatic carbocycles. The summed E-state index contributed by atoms with van der Waals surface area (Å²) in [4.78, 5) is 24.8. The van der Waals surface area contributed by atoms with Gasteiger partial charge in [0.05, 0.1) is 4.92 Å². The summed E-state index contributed by atoms with van der Waals surface area (Å²) in [5, 5.41) is 10.9. The van der Waals surface area contributed by atoms with E-state index in [1.54, 1.807) is 6.07 Å². The monoisotopic (exact) mass is 290 g/mol. The second-order valence-electron chi connectivity index (χ2n) is 5.69. The van der Waals surface area contributed by atoms with Crippen LogP contribution in [0.25, 0.3) is 0 Å². The zero-order valence-corrected chi connectivity index (χ0v) is 12.7. The molecule has 21 heavy (non-hydrogen) atoms. The lowest BCUT2D eigenvalue weighted by Crippen LogP contribution is -2.40. The van der Waals surface area contributed by atoms with Crippen LogP contribution in [0.1, 0.15) is 56.3 Å². The maximum Gasteiger partial charge on any atom is 0.270 e. The highest BCUT2D eigenvalue weighted by Gasteiger charge is 2.29. The molecule has 0 spiro atoms. The third kappa shape index (κ3) is 3.40. The van der Waals surface area contributed by atoms with Gasteiger partial charge in [0.1, 0.15) is 0 Å². The molecule has 0 fully saturated rings. The van der Waals surface area contributed by atoms with Gasteiger partial charge in [-0.05, 0) is 19.4 Å². The van der Waals surface area contributed by atoms with E-state index in [1.165, 1.54) is 31.4 Å². The standard InChI is InChI=1S/C16H22N2O3/c1-3-4-5-6-9-17-12(2)10-16(19)14-11-13(18(20)21)7-8-15(14)17/h7-8,11-12H,3-6,9-10H2,1-2H3.